The fraction of sp³-hybridized carbons (Fsp3) is 0.250. The van der Waals surface area contributed by atoms with E-state index in [0.29, 0.717) is 40.2 Å². The summed E-state index contributed by atoms with van der Waals surface area (Å²) in [6, 6.07) is 9.06. The van der Waals surface area contributed by atoms with Crippen LogP contribution in [0.3, 0.4) is 0 Å². The third-order valence-corrected chi connectivity index (χ3v) is 5.28. The van der Waals surface area contributed by atoms with Gasteiger partial charge < -0.3 is 9.47 Å². The molecule has 0 N–H and O–H groups in total. The second-order valence-electron chi connectivity index (χ2n) is 6.03. The summed E-state index contributed by atoms with van der Waals surface area (Å²) in [5.74, 6) is 1.85. The lowest BCUT2D eigenvalue weighted by atomic mass is 10.2. The van der Waals surface area contributed by atoms with Crippen LogP contribution in [0.2, 0.25) is 0 Å². The van der Waals surface area contributed by atoms with Gasteiger partial charge in [-0.15, -0.1) is 0 Å². The molecule has 0 unspecified atom stereocenters. The topological polar surface area (TPSA) is 65.7 Å². The minimum atomic E-state index is -0.211. The number of aromatic nitrogens is 2. The van der Waals surface area contributed by atoms with Crippen LogP contribution in [0.15, 0.2) is 49.2 Å². The van der Waals surface area contributed by atoms with Gasteiger partial charge >= 0.3 is 0 Å². The molecule has 146 valence electrons. The zero-order chi connectivity index (χ0) is 20.3. The largest absolute Gasteiger partial charge is 0.496 e. The summed E-state index contributed by atoms with van der Waals surface area (Å²) in [5.41, 5.74) is 1.16. The van der Waals surface area contributed by atoms with E-state index in [1.54, 1.807) is 32.6 Å². The van der Waals surface area contributed by atoms with Gasteiger partial charge in [-0.05, 0) is 46.6 Å². The monoisotopic (exact) mass is 507 g/mol. The van der Waals surface area contributed by atoms with Crippen LogP contribution in [0.4, 0.5) is 0 Å². The van der Waals surface area contributed by atoms with Gasteiger partial charge in [0.25, 0.3) is 5.56 Å². The number of hydrogen-bond donors (Lipinski definition) is 0. The summed E-state index contributed by atoms with van der Waals surface area (Å²) < 4.78 is 13.7. The molecule has 6 nitrogen and oxygen atoms in total. The maximum absolute atomic E-state index is 13.0. The first-order valence-corrected chi connectivity index (χ1v) is 10.2. The van der Waals surface area contributed by atoms with Gasteiger partial charge in [-0.1, -0.05) is 22.9 Å². The Hall–Kier alpha value is -2.19. The molecule has 0 fully saturated rings. The number of nitrogens with zero attached hydrogens (tertiary/aromatic N) is 3. The molecule has 0 aliphatic heterocycles. The van der Waals surface area contributed by atoms with Crippen molar-refractivity contribution in [3.05, 3.63) is 61.0 Å². The van der Waals surface area contributed by atoms with E-state index in [4.69, 9.17) is 9.47 Å². The molecule has 0 aliphatic carbocycles. The molecular weight excluding hydrogens is 490 g/mol. The van der Waals surface area contributed by atoms with Gasteiger partial charge in [0.1, 0.15) is 17.3 Å². The highest BCUT2D eigenvalue weighted by atomic mass is 79.9. The van der Waals surface area contributed by atoms with Crippen molar-refractivity contribution in [3.8, 4) is 11.5 Å². The molecule has 0 aliphatic rings. The SMILES string of the molecule is CCCc1nc2ccc(Br)cc2c(=O)n1N=Cc1cc(Br)c(OC)cc1OC. The van der Waals surface area contributed by atoms with E-state index in [-0.39, 0.29) is 5.56 Å². The van der Waals surface area contributed by atoms with Gasteiger partial charge in [0.2, 0.25) is 0 Å². The molecule has 0 radical (unpaired) electrons. The van der Waals surface area contributed by atoms with Gasteiger partial charge in [-0.25, -0.2) is 4.98 Å². The molecule has 0 saturated carbocycles. The number of fused-ring (bicyclic) bond motifs is 1. The maximum Gasteiger partial charge on any atom is 0.282 e. The van der Waals surface area contributed by atoms with E-state index in [2.05, 4.69) is 41.9 Å². The molecule has 1 aromatic heterocycles. The lowest BCUT2D eigenvalue weighted by Crippen LogP contribution is -2.22. The number of hydrogen-bond acceptors (Lipinski definition) is 5. The van der Waals surface area contributed by atoms with Gasteiger partial charge in [0, 0.05) is 22.5 Å². The van der Waals surface area contributed by atoms with Gasteiger partial charge in [-0.2, -0.15) is 9.78 Å². The van der Waals surface area contributed by atoms with Crippen LogP contribution in [0.1, 0.15) is 24.7 Å². The molecule has 0 bridgehead atoms. The van der Waals surface area contributed by atoms with Crippen LogP contribution in [0.5, 0.6) is 11.5 Å². The lowest BCUT2D eigenvalue weighted by molar-refractivity contribution is 0.392. The minimum absolute atomic E-state index is 0.211. The average Bonchev–Trinajstić information content (AvgIpc) is 2.68. The quantitative estimate of drug-likeness (QED) is 0.450. The maximum atomic E-state index is 13.0. The van der Waals surface area contributed by atoms with Crippen molar-refractivity contribution in [2.24, 2.45) is 5.10 Å². The second-order valence-corrected chi connectivity index (χ2v) is 7.80. The number of aryl methyl sites for hydroxylation is 1. The van der Waals surface area contributed by atoms with Crippen LogP contribution in [-0.4, -0.2) is 30.1 Å². The summed E-state index contributed by atoms with van der Waals surface area (Å²) in [4.78, 5) is 17.7. The molecule has 8 heteroatoms. The van der Waals surface area contributed by atoms with E-state index in [1.165, 1.54) is 4.68 Å². The fourth-order valence-corrected chi connectivity index (χ4v) is 3.69. The highest BCUT2D eigenvalue weighted by molar-refractivity contribution is 9.10. The van der Waals surface area contributed by atoms with Crippen LogP contribution in [0, 0.1) is 0 Å². The van der Waals surface area contributed by atoms with E-state index < -0.39 is 0 Å². The summed E-state index contributed by atoms with van der Waals surface area (Å²) in [5, 5.41) is 4.95. The minimum Gasteiger partial charge on any atom is -0.496 e. The molecule has 0 amide bonds. The second kappa shape index (κ2) is 8.87. The van der Waals surface area contributed by atoms with Crippen LogP contribution in [-0.2, 0) is 6.42 Å². The highest BCUT2D eigenvalue weighted by Gasteiger charge is 2.12. The Morgan fingerprint density at radius 2 is 1.89 bits per heavy atom. The molecule has 3 aromatic rings. The first kappa shape index (κ1) is 20.5. The Morgan fingerprint density at radius 1 is 1.14 bits per heavy atom. The van der Waals surface area contributed by atoms with Gasteiger partial charge in [0.05, 0.1) is 35.8 Å². The van der Waals surface area contributed by atoms with Crippen LogP contribution in [0.25, 0.3) is 10.9 Å². The Kier molecular flexibility index (Phi) is 6.51. The molecule has 2 aromatic carbocycles. The van der Waals surface area contributed by atoms with E-state index >= 15 is 0 Å². The molecule has 28 heavy (non-hydrogen) atoms. The number of benzene rings is 2. The summed E-state index contributed by atoms with van der Waals surface area (Å²) in [6.07, 6.45) is 3.08. The lowest BCUT2D eigenvalue weighted by Gasteiger charge is -2.11. The van der Waals surface area contributed by atoms with Crippen molar-refractivity contribution in [2.75, 3.05) is 14.2 Å². The molecule has 0 atom stereocenters. The molecule has 0 spiro atoms. The summed E-state index contributed by atoms with van der Waals surface area (Å²) >= 11 is 6.87. The van der Waals surface area contributed by atoms with Crippen LogP contribution < -0.4 is 15.0 Å². The summed E-state index contributed by atoms with van der Waals surface area (Å²) in [7, 11) is 3.16. The van der Waals surface area contributed by atoms with E-state index in [1.807, 2.05) is 25.1 Å². The standard InChI is InChI=1S/C20H19Br2N3O3/c1-4-5-19-24-16-7-6-13(21)9-14(16)20(26)25(19)23-11-12-8-15(22)18(28-3)10-17(12)27-2/h6-11H,4-5H2,1-3H3. The Bertz CT molecular complexity index is 1110. The van der Waals surface area contributed by atoms with Crippen LogP contribution >= 0.6 is 31.9 Å². The predicted molar refractivity (Wildman–Crippen MR) is 118 cm³/mol. The Balaban J connectivity index is 2.16. The number of halogens is 2. The zero-order valence-electron chi connectivity index (χ0n) is 15.7. The first-order chi connectivity index (χ1) is 13.5. The van der Waals surface area contributed by atoms with E-state index in [9.17, 15) is 4.79 Å². The third kappa shape index (κ3) is 4.12. The Morgan fingerprint density at radius 3 is 2.57 bits per heavy atom. The van der Waals surface area contributed by atoms with Gasteiger partial charge in [0.15, 0.2) is 0 Å². The van der Waals surface area contributed by atoms with Crippen molar-refractivity contribution in [3.63, 3.8) is 0 Å². The third-order valence-electron chi connectivity index (χ3n) is 4.17. The molecule has 3 rings (SSSR count). The smallest absolute Gasteiger partial charge is 0.282 e. The number of methoxy groups -OCH3 is 2. The number of rotatable bonds is 6. The normalized spacial score (nSPS) is 11.3. The molecule has 1 heterocycles. The van der Waals surface area contributed by atoms with Crippen molar-refractivity contribution >= 4 is 49.0 Å². The van der Waals surface area contributed by atoms with Crippen molar-refractivity contribution < 1.29 is 9.47 Å². The highest BCUT2D eigenvalue weighted by Crippen LogP contribution is 2.32. The fourth-order valence-electron chi connectivity index (χ4n) is 2.80. The van der Waals surface area contributed by atoms with Crippen molar-refractivity contribution in [2.45, 2.75) is 19.8 Å². The molecular formula is C20H19Br2N3O3. The van der Waals surface area contributed by atoms with Crippen molar-refractivity contribution in [1.82, 2.24) is 9.66 Å². The predicted octanol–water partition coefficient (Wildman–Crippen LogP) is 4.77. The van der Waals surface area contributed by atoms with E-state index in [0.717, 1.165) is 15.4 Å². The molecule has 0 saturated heterocycles. The Labute approximate surface area is 179 Å². The average molecular weight is 509 g/mol. The van der Waals surface area contributed by atoms with Crippen molar-refractivity contribution in [1.29, 1.82) is 0 Å². The summed E-state index contributed by atoms with van der Waals surface area (Å²) in [6.45, 7) is 2.04. The number of ether oxygens (including phenoxy) is 2. The van der Waals surface area contributed by atoms with Gasteiger partial charge in [-0.3, -0.25) is 4.79 Å². The zero-order valence-corrected chi connectivity index (χ0v) is 18.9. The first-order valence-electron chi connectivity index (χ1n) is 8.65.